The molecular weight excluding hydrogens is 298 g/mol. The quantitative estimate of drug-likeness (QED) is 0.902. The molecule has 132 valence electrons. The van der Waals surface area contributed by atoms with Crippen LogP contribution in [0.15, 0.2) is 24.3 Å². The Balaban J connectivity index is 1.36. The predicted molar refractivity (Wildman–Crippen MR) is 98.8 cm³/mol. The van der Waals surface area contributed by atoms with Gasteiger partial charge in [-0.1, -0.05) is 18.2 Å². The van der Waals surface area contributed by atoms with Crippen LogP contribution in [0.1, 0.15) is 31.2 Å². The van der Waals surface area contributed by atoms with Gasteiger partial charge in [-0.25, -0.2) is 0 Å². The predicted octanol–water partition coefficient (Wildman–Crippen LogP) is 2.42. The van der Waals surface area contributed by atoms with E-state index in [9.17, 15) is 0 Å². The van der Waals surface area contributed by atoms with Crippen molar-refractivity contribution in [2.75, 3.05) is 50.8 Å². The van der Waals surface area contributed by atoms with Gasteiger partial charge < -0.3 is 15.0 Å². The third-order valence-corrected chi connectivity index (χ3v) is 6.27. The molecule has 1 aromatic carbocycles. The highest BCUT2D eigenvalue weighted by Gasteiger charge is 2.40. The minimum absolute atomic E-state index is 0.168. The number of hydrogen-bond donors (Lipinski definition) is 1. The molecule has 0 aliphatic carbocycles. The fourth-order valence-corrected chi connectivity index (χ4v) is 4.79. The van der Waals surface area contributed by atoms with E-state index in [2.05, 4.69) is 46.3 Å². The van der Waals surface area contributed by atoms with Crippen LogP contribution >= 0.6 is 0 Å². The number of ether oxygens (including phenoxy) is 1. The average Bonchev–Trinajstić information content (AvgIpc) is 2.63. The van der Waals surface area contributed by atoms with Crippen molar-refractivity contribution in [3.05, 3.63) is 29.8 Å². The normalized spacial score (nSPS) is 28.2. The molecule has 3 heterocycles. The van der Waals surface area contributed by atoms with E-state index in [1.54, 1.807) is 0 Å². The van der Waals surface area contributed by atoms with E-state index < -0.39 is 0 Å². The molecule has 0 aromatic heterocycles. The summed E-state index contributed by atoms with van der Waals surface area (Å²) in [4.78, 5) is 5.30. The zero-order valence-corrected chi connectivity index (χ0v) is 15.0. The molecular formula is C20H31N3O. The number of aryl methyl sites for hydroxylation is 1. The molecule has 0 radical (unpaired) electrons. The number of nitrogens with zero attached hydrogens (tertiary/aromatic N) is 2. The van der Waals surface area contributed by atoms with E-state index in [1.807, 2.05) is 0 Å². The van der Waals surface area contributed by atoms with E-state index in [4.69, 9.17) is 4.74 Å². The van der Waals surface area contributed by atoms with Crippen molar-refractivity contribution in [1.82, 2.24) is 10.2 Å². The number of para-hydroxylation sites is 1. The summed E-state index contributed by atoms with van der Waals surface area (Å²) in [6, 6.07) is 9.50. The first-order valence-electron chi connectivity index (χ1n) is 9.65. The molecule has 0 saturated carbocycles. The molecule has 3 aliphatic heterocycles. The molecule has 3 saturated heterocycles. The van der Waals surface area contributed by atoms with Crippen LogP contribution in [0.25, 0.3) is 0 Å². The van der Waals surface area contributed by atoms with E-state index in [0.29, 0.717) is 0 Å². The molecule has 4 rings (SSSR count). The van der Waals surface area contributed by atoms with Gasteiger partial charge in [0.25, 0.3) is 0 Å². The third-order valence-electron chi connectivity index (χ3n) is 6.27. The van der Waals surface area contributed by atoms with Crippen LogP contribution in [0.5, 0.6) is 0 Å². The highest BCUT2D eigenvalue weighted by Crippen LogP contribution is 2.35. The number of rotatable bonds is 2. The largest absolute Gasteiger partial charge is 0.375 e. The topological polar surface area (TPSA) is 27.7 Å². The monoisotopic (exact) mass is 329 g/mol. The first kappa shape index (κ1) is 16.4. The van der Waals surface area contributed by atoms with Crippen LogP contribution in [-0.2, 0) is 4.74 Å². The number of piperidine rings is 1. The molecule has 4 heteroatoms. The minimum atomic E-state index is 0.168. The number of benzene rings is 1. The Labute approximate surface area is 146 Å². The first-order valence-corrected chi connectivity index (χ1v) is 9.65. The molecule has 4 nitrogen and oxygen atoms in total. The lowest BCUT2D eigenvalue weighted by atomic mass is 9.82. The Kier molecular flexibility index (Phi) is 4.79. The molecule has 1 atom stereocenters. The molecule has 3 aliphatic rings. The maximum absolute atomic E-state index is 6.26. The first-order chi connectivity index (χ1) is 11.8. The third kappa shape index (κ3) is 3.32. The van der Waals surface area contributed by atoms with Crippen molar-refractivity contribution in [3.8, 4) is 0 Å². The fourth-order valence-electron chi connectivity index (χ4n) is 4.79. The molecule has 24 heavy (non-hydrogen) atoms. The number of piperazine rings is 1. The van der Waals surface area contributed by atoms with E-state index in [-0.39, 0.29) is 5.60 Å². The summed E-state index contributed by atoms with van der Waals surface area (Å²) in [5, 5.41) is 3.48. The average molecular weight is 329 g/mol. The SMILES string of the molecule is Cc1ccccc1N1CCN(C2CCOC3(CCNCC3)C2)CC1. The second-order valence-electron chi connectivity index (χ2n) is 7.74. The van der Waals surface area contributed by atoms with Gasteiger partial charge in [-0.2, -0.15) is 0 Å². The highest BCUT2D eigenvalue weighted by atomic mass is 16.5. The lowest BCUT2D eigenvalue weighted by molar-refractivity contribution is -0.121. The lowest BCUT2D eigenvalue weighted by Gasteiger charge is -2.48. The Bertz CT molecular complexity index is 542. The Morgan fingerprint density at radius 2 is 1.83 bits per heavy atom. The Morgan fingerprint density at radius 1 is 1.08 bits per heavy atom. The van der Waals surface area contributed by atoms with Gasteiger partial charge in [0.2, 0.25) is 0 Å². The van der Waals surface area contributed by atoms with Crippen LogP contribution in [-0.4, -0.2) is 62.4 Å². The maximum Gasteiger partial charge on any atom is 0.0721 e. The maximum atomic E-state index is 6.26. The summed E-state index contributed by atoms with van der Waals surface area (Å²) >= 11 is 0. The highest BCUT2D eigenvalue weighted by molar-refractivity contribution is 5.53. The Morgan fingerprint density at radius 3 is 2.58 bits per heavy atom. The molecule has 1 unspecified atom stereocenters. The second kappa shape index (κ2) is 7.03. The van der Waals surface area contributed by atoms with Crippen molar-refractivity contribution in [2.24, 2.45) is 0 Å². The lowest BCUT2D eigenvalue weighted by Crippen LogP contribution is -2.56. The van der Waals surface area contributed by atoms with Gasteiger partial charge in [-0.05, 0) is 57.3 Å². The zero-order valence-electron chi connectivity index (χ0n) is 15.0. The number of hydrogen-bond acceptors (Lipinski definition) is 4. The van der Waals surface area contributed by atoms with E-state index >= 15 is 0 Å². The van der Waals surface area contributed by atoms with Crippen molar-refractivity contribution in [3.63, 3.8) is 0 Å². The van der Waals surface area contributed by atoms with Crippen LogP contribution in [0.4, 0.5) is 5.69 Å². The summed E-state index contributed by atoms with van der Waals surface area (Å²) in [7, 11) is 0. The molecule has 1 aromatic rings. The van der Waals surface area contributed by atoms with E-state index in [1.165, 1.54) is 50.0 Å². The van der Waals surface area contributed by atoms with Crippen molar-refractivity contribution in [2.45, 2.75) is 44.2 Å². The molecule has 1 N–H and O–H groups in total. The van der Waals surface area contributed by atoms with Crippen molar-refractivity contribution in [1.29, 1.82) is 0 Å². The number of nitrogens with one attached hydrogen (secondary N) is 1. The van der Waals surface area contributed by atoms with Gasteiger partial charge in [-0.3, -0.25) is 4.90 Å². The van der Waals surface area contributed by atoms with Crippen LogP contribution in [0.3, 0.4) is 0 Å². The Hall–Kier alpha value is -1.10. The molecule has 0 amide bonds. The van der Waals surface area contributed by atoms with E-state index in [0.717, 1.165) is 38.8 Å². The van der Waals surface area contributed by atoms with Gasteiger partial charge in [0.05, 0.1) is 5.60 Å². The van der Waals surface area contributed by atoms with Crippen LogP contribution < -0.4 is 10.2 Å². The van der Waals surface area contributed by atoms with Crippen molar-refractivity contribution < 1.29 is 4.74 Å². The van der Waals surface area contributed by atoms with Gasteiger partial charge in [0, 0.05) is 44.5 Å². The summed E-state index contributed by atoms with van der Waals surface area (Å²) in [6.45, 7) is 10.1. The fraction of sp³-hybridized carbons (Fsp3) is 0.700. The van der Waals surface area contributed by atoms with Crippen molar-refractivity contribution >= 4 is 5.69 Å². The standard InChI is InChI=1S/C20H31N3O/c1-17-4-2-3-5-19(17)23-13-11-22(12-14-23)18-6-15-24-20(16-18)7-9-21-10-8-20/h2-5,18,21H,6-16H2,1H3. The molecule has 1 spiro atoms. The van der Waals surface area contributed by atoms with Crippen LogP contribution in [0, 0.1) is 6.92 Å². The molecule has 0 bridgehead atoms. The minimum Gasteiger partial charge on any atom is -0.375 e. The van der Waals surface area contributed by atoms with Gasteiger partial charge in [0.1, 0.15) is 0 Å². The summed E-state index contributed by atoms with van der Waals surface area (Å²) in [6.07, 6.45) is 4.82. The zero-order chi connectivity index (χ0) is 16.4. The summed E-state index contributed by atoms with van der Waals surface area (Å²) in [5.74, 6) is 0. The van der Waals surface area contributed by atoms with Gasteiger partial charge in [-0.15, -0.1) is 0 Å². The second-order valence-corrected chi connectivity index (χ2v) is 7.74. The smallest absolute Gasteiger partial charge is 0.0721 e. The van der Waals surface area contributed by atoms with Gasteiger partial charge in [0.15, 0.2) is 0 Å². The molecule has 3 fully saturated rings. The number of anilines is 1. The van der Waals surface area contributed by atoms with Crippen LogP contribution in [0.2, 0.25) is 0 Å². The van der Waals surface area contributed by atoms with Gasteiger partial charge >= 0.3 is 0 Å². The summed E-state index contributed by atoms with van der Waals surface area (Å²) in [5.41, 5.74) is 2.98. The summed E-state index contributed by atoms with van der Waals surface area (Å²) < 4.78 is 6.26.